The maximum absolute atomic E-state index is 14.3. The summed E-state index contributed by atoms with van der Waals surface area (Å²) in [5, 5.41) is 17.6. The average Bonchev–Trinajstić information content (AvgIpc) is 3.34. The van der Waals surface area contributed by atoms with Gasteiger partial charge in [0.2, 0.25) is 0 Å². The fourth-order valence-electron chi connectivity index (χ4n) is 2.94. The van der Waals surface area contributed by atoms with Crippen LogP contribution < -0.4 is 5.32 Å². The topological polar surface area (TPSA) is 103 Å². The summed E-state index contributed by atoms with van der Waals surface area (Å²) in [7, 11) is 0. The second-order valence-electron chi connectivity index (χ2n) is 6.71. The largest absolute Gasteiger partial charge is 0.417 e. The lowest BCUT2D eigenvalue weighted by atomic mass is 10.2. The van der Waals surface area contributed by atoms with Gasteiger partial charge in [0, 0.05) is 6.20 Å². The Morgan fingerprint density at radius 3 is 2.47 bits per heavy atom. The minimum Gasteiger partial charge on any atom is -0.319 e. The van der Waals surface area contributed by atoms with Crippen molar-refractivity contribution in [1.82, 2.24) is 35.0 Å². The molecule has 0 aliphatic carbocycles. The van der Waals surface area contributed by atoms with E-state index in [0.29, 0.717) is 23.4 Å². The maximum Gasteiger partial charge on any atom is 0.417 e. The fraction of sp³-hybridized carbons (Fsp3) is 0.158. The number of amides is 1. The first-order valence-corrected chi connectivity index (χ1v) is 9.09. The van der Waals surface area contributed by atoms with Crippen LogP contribution in [0.4, 0.5) is 23.2 Å². The minimum absolute atomic E-state index is 0.0927. The molecule has 0 atom stereocenters. The molecular weight excluding hydrogens is 432 g/mol. The normalized spacial score (nSPS) is 11.6. The number of nitrogens with one attached hydrogen (secondary N) is 1. The third-order valence-electron chi connectivity index (χ3n) is 4.61. The van der Waals surface area contributed by atoms with E-state index >= 15 is 0 Å². The lowest BCUT2D eigenvalue weighted by molar-refractivity contribution is -0.137. The molecule has 0 spiro atoms. The summed E-state index contributed by atoms with van der Waals surface area (Å²) in [6.45, 7) is 3.20. The Morgan fingerprint density at radius 1 is 1.06 bits per heavy atom. The van der Waals surface area contributed by atoms with E-state index in [9.17, 15) is 22.4 Å². The quantitative estimate of drug-likeness (QED) is 0.483. The standard InChI is InChI=1S/C19H14F4N8O/c1-10-14(9-25-30(10)17-6-3-12(8-24-17)19(21,22)23)18(32)26-16-7-13(4-5-15(16)20)31-11(2)27-28-29-31/h3-9H,1-2H3,(H,26,32). The number of hydrogen-bond acceptors (Lipinski definition) is 6. The van der Waals surface area contributed by atoms with Gasteiger partial charge in [0.1, 0.15) is 5.82 Å². The van der Waals surface area contributed by atoms with Gasteiger partial charge in [-0.25, -0.2) is 14.1 Å². The van der Waals surface area contributed by atoms with Crippen molar-refractivity contribution in [2.75, 3.05) is 5.32 Å². The van der Waals surface area contributed by atoms with Gasteiger partial charge in [-0.2, -0.15) is 23.0 Å². The number of rotatable bonds is 4. The van der Waals surface area contributed by atoms with Gasteiger partial charge in [-0.3, -0.25) is 4.79 Å². The lowest BCUT2D eigenvalue weighted by Crippen LogP contribution is -2.15. The highest BCUT2D eigenvalue weighted by atomic mass is 19.4. The SMILES string of the molecule is Cc1nnnn1-c1ccc(F)c(NC(=O)c2cnn(-c3ccc(C(F)(F)F)cn3)c2C)c1. The molecular formula is C19H14F4N8O. The Hall–Kier alpha value is -4.16. The van der Waals surface area contributed by atoms with E-state index in [-0.39, 0.29) is 17.1 Å². The Morgan fingerprint density at radius 2 is 1.84 bits per heavy atom. The van der Waals surface area contributed by atoms with Crippen LogP contribution in [0.1, 0.15) is 27.4 Å². The van der Waals surface area contributed by atoms with Gasteiger partial charge in [-0.15, -0.1) is 5.10 Å². The molecule has 4 rings (SSSR count). The number of benzene rings is 1. The molecule has 9 nitrogen and oxygen atoms in total. The average molecular weight is 446 g/mol. The fourth-order valence-corrected chi connectivity index (χ4v) is 2.94. The highest BCUT2D eigenvalue weighted by Crippen LogP contribution is 2.29. The van der Waals surface area contributed by atoms with Crippen molar-refractivity contribution < 1.29 is 22.4 Å². The van der Waals surface area contributed by atoms with E-state index in [1.807, 2.05) is 0 Å². The van der Waals surface area contributed by atoms with E-state index in [4.69, 9.17) is 0 Å². The number of nitrogens with zero attached hydrogens (tertiary/aromatic N) is 7. The molecule has 4 aromatic rings. The van der Waals surface area contributed by atoms with Gasteiger partial charge in [0.25, 0.3) is 5.91 Å². The molecule has 0 saturated heterocycles. The molecule has 0 unspecified atom stereocenters. The van der Waals surface area contributed by atoms with Crippen LogP contribution in [-0.2, 0) is 6.18 Å². The maximum atomic E-state index is 14.3. The van der Waals surface area contributed by atoms with Crippen molar-refractivity contribution in [3.05, 3.63) is 71.2 Å². The molecule has 1 amide bonds. The molecule has 164 valence electrons. The zero-order chi connectivity index (χ0) is 23.0. The first-order valence-electron chi connectivity index (χ1n) is 9.09. The zero-order valence-corrected chi connectivity index (χ0v) is 16.6. The van der Waals surface area contributed by atoms with E-state index in [1.54, 1.807) is 13.8 Å². The van der Waals surface area contributed by atoms with Crippen LogP contribution in [-0.4, -0.2) is 40.9 Å². The zero-order valence-electron chi connectivity index (χ0n) is 16.6. The first kappa shape index (κ1) is 21.1. The molecule has 0 aliphatic rings. The summed E-state index contributed by atoms with van der Waals surface area (Å²) >= 11 is 0. The van der Waals surface area contributed by atoms with Crippen molar-refractivity contribution in [2.45, 2.75) is 20.0 Å². The number of aryl methyl sites for hydroxylation is 1. The number of aromatic nitrogens is 7. The molecule has 3 aromatic heterocycles. The molecule has 1 aromatic carbocycles. The summed E-state index contributed by atoms with van der Waals surface area (Å²) in [6.07, 6.45) is -2.62. The minimum atomic E-state index is -4.52. The van der Waals surface area contributed by atoms with E-state index < -0.39 is 23.5 Å². The van der Waals surface area contributed by atoms with Crippen molar-refractivity contribution in [3.63, 3.8) is 0 Å². The monoisotopic (exact) mass is 446 g/mol. The van der Waals surface area contributed by atoms with Crippen LogP contribution >= 0.6 is 0 Å². The van der Waals surface area contributed by atoms with Gasteiger partial charge in [-0.1, -0.05) is 0 Å². The van der Waals surface area contributed by atoms with Gasteiger partial charge >= 0.3 is 6.18 Å². The summed E-state index contributed by atoms with van der Waals surface area (Å²) in [5.41, 5.74) is -0.178. The van der Waals surface area contributed by atoms with Gasteiger partial charge in [-0.05, 0) is 54.6 Å². The number of carbonyl (C=O) groups is 1. The second-order valence-corrected chi connectivity index (χ2v) is 6.71. The molecule has 0 saturated carbocycles. The second kappa shape index (κ2) is 7.83. The molecule has 3 heterocycles. The number of alkyl halides is 3. The number of tetrazole rings is 1. The van der Waals surface area contributed by atoms with E-state index in [0.717, 1.165) is 18.2 Å². The van der Waals surface area contributed by atoms with Crippen molar-refractivity contribution in [1.29, 1.82) is 0 Å². The van der Waals surface area contributed by atoms with E-state index in [1.165, 1.54) is 27.7 Å². The number of halogens is 4. The first-order chi connectivity index (χ1) is 15.1. The number of carbonyl (C=O) groups excluding carboxylic acids is 1. The summed E-state index contributed by atoms with van der Waals surface area (Å²) in [5.74, 6) is -0.778. The van der Waals surface area contributed by atoms with Gasteiger partial charge in [0.05, 0.1) is 34.4 Å². The molecule has 32 heavy (non-hydrogen) atoms. The molecule has 0 aliphatic heterocycles. The van der Waals surface area contributed by atoms with Gasteiger partial charge in [0.15, 0.2) is 11.6 Å². The third-order valence-corrected chi connectivity index (χ3v) is 4.61. The van der Waals surface area contributed by atoms with E-state index in [2.05, 4.69) is 30.9 Å². The summed E-state index contributed by atoms with van der Waals surface area (Å²) < 4.78 is 55.1. The smallest absolute Gasteiger partial charge is 0.319 e. The number of anilines is 1. The number of pyridine rings is 1. The van der Waals surface area contributed by atoms with Crippen LogP contribution in [0.5, 0.6) is 0 Å². The molecule has 0 bridgehead atoms. The molecule has 0 radical (unpaired) electrons. The van der Waals surface area contributed by atoms with Crippen LogP contribution in [0.15, 0.2) is 42.7 Å². The Bertz CT molecular complexity index is 1290. The Labute approximate surface area is 177 Å². The van der Waals surface area contributed by atoms with Crippen LogP contribution in [0, 0.1) is 19.7 Å². The van der Waals surface area contributed by atoms with Crippen LogP contribution in [0.2, 0.25) is 0 Å². The van der Waals surface area contributed by atoms with Crippen molar-refractivity contribution in [3.8, 4) is 11.5 Å². The predicted molar refractivity (Wildman–Crippen MR) is 103 cm³/mol. The Kier molecular flexibility index (Phi) is 5.16. The lowest BCUT2D eigenvalue weighted by Gasteiger charge is -2.10. The number of hydrogen-bond donors (Lipinski definition) is 1. The summed E-state index contributed by atoms with van der Waals surface area (Å²) in [6, 6.07) is 5.99. The molecule has 13 heteroatoms. The predicted octanol–water partition coefficient (Wildman–Crippen LogP) is 3.27. The highest BCUT2D eigenvalue weighted by Gasteiger charge is 2.31. The molecule has 0 fully saturated rings. The van der Waals surface area contributed by atoms with Crippen LogP contribution in [0.25, 0.3) is 11.5 Å². The third kappa shape index (κ3) is 3.91. The Balaban J connectivity index is 1.59. The van der Waals surface area contributed by atoms with Crippen LogP contribution in [0.3, 0.4) is 0 Å². The molecule has 1 N–H and O–H groups in total. The highest BCUT2D eigenvalue weighted by molar-refractivity contribution is 6.05. The van der Waals surface area contributed by atoms with Crippen molar-refractivity contribution in [2.24, 2.45) is 0 Å². The summed E-state index contributed by atoms with van der Waals surface area (Å²) in [4.78, 5) is 16.5. The van der Waals surface area contributed by atoms with Crippen molar-refractivity contribution >= 4 is 11.6 Å². The van der Waals surface area contributed by atoms with Gasteiger partial charge < -0.3 is 5.32 Å².